The summed E-state index contributed by atoms with van der Waals surface area (Å²) in [6, 6.07) is 9.43. The van der Waals surface area contributed by atoms with Crippen LogP contribution in [0.15, 0.2) is 36.4 Å². The van der Waals surface area contributed by atoms with Crippen molar-refractivity contribution in [2.75, 3.05) is 37.7 Å². The third kappa shape index (κ3) is 4.48. The van der Waals surface area contributed by atoms with Gasteiger partial charge >= 0.3 is 6.01 Å². The van der Waals surface area contributed by atoms with Crippen LogP contribution in [-0.4, -0.2) is 76.6 Å². The molecule has 2 bridgehead atoms. The molecule has 4 fully saturated rings. The van der Waals surface area contributed by atoms with Gasteiger partial charge in [0, 0.05) is 60.0 Å². The van der Waals surface area contributed by atoms with Gasteiger partial charge in [0.25, 0.3) is 0 Å². The van der Waals surface area contributed by atoms with Crippen LogP contribution in [0.3, 0.4) is 0 Å². The van der Waals surface area contributed by atoms with E-state index in [-0.39, 0.29) is 45.4 Å². The maximum absolute atomic E-state index is 16.8. The topological polar surface area (TPSA) is 73.8 Å². The van der Waals surface area contributed by atoms with Crippen LogP contribution in [0, 0.1) is 11.6 Å². The van der Waals surface area contributed by atoms with Gasteiger partial charge in [-0.25, -0.2) is 13.2 Å². The van der Waals surface area contributed by atoms with Crippen LogP contribution < -0.4 is 15.0 Å². The number of alkyl halides is 1. The van der Waals surface area contributed by atoms with E-state index in [1.807, 2.05) is 0 Å². The highest BCUT2D eigenvalue weighted by molar-refractivity contribution is 6.35. The molecule has 43 heavy (non-hydrogen) atoms. The second kappa shape index (κ2) is 10.1. The number of nitrogens with zero attached hydrogens (tertiary/aromatic N) is 4. The SMILES string of the molecule is Oc1cc(-c2c(Cl)cc3c(N4CC5CCC(C4)N5)nc(OC[C@@]45CCCN4C[C@H](F)C5)nc3c2F)c2c(F)cccc2c1. The molecule has 0 saturated carbocycles. The Balaban J connectivity index is 1.28. The van der Waals surface area contributed by atoms with Gasteiger partial charge in [0.15, 0.2) is 5.82 Å². The van der Waals surface area contributed by atoms with E-state index in [2.05, 4.69) is 20.1 Å². The number of nitrogens with one attached hydrogen (secondary N) is 1. The van der Waals surface area contributed by atoms with Crippen molar-refractivity contribution in [3.63, 3.8) is 0 Å². The molecule has 0 amide bonds. The molecule has 0 spiro atoms. The lowest BCUT2D eigenvalue weighted by molar-refractivity contribution is 0.107. The van der Waals surface area contributed by atoms with Crippen molar-refractivity contribution in [2.45, 2.75) is 55.9 Å². The Morgan fingerprint density at radius 1 is 1.09 bits per heavy atom. The van der Waals surface area contributed by atoms with E-state index in [1.54, 1.807) is 12.1 Å². The Morgan fingerprint density at radius 2 is 1.91 bits per heavy atom. The standard InChI is InChI=1S/C32H31ClF3N5O2/c33-24-11-23-29(28(36)27(24)22-10-21(42)9-17-3-1-4-25(35)26(17)22)38-31(39-30(23)40-14-19-5-6-20(15-40)37-19)43-16-32-7-2-8-41(32)13-18(34)12-32/h1,3-4,9-11,18-20,37,42H,2,5-8,12-16H2/t18-,19?,20?,32+/m1/s1. The molecule has 4 aliphatic rings. The van der Waals surface area contributed by atoms with Crippen LogP contribution in [-0.2, 0) is 0 Å². The van der Waals surface area contributed by atoms with Gasteiger partial charge in [0.1, 0.15) is 35.7 Å². The maximum Gasteiger partial charge on any atom is 0.319 e. The minimum absolute atomic E-state index is 0.00585. The van der Waals surface area contributed by atoms with Crippen molar-refractivity contribution in [1.29, 1.82) is 0 Å². The van der Waals surface area contributed by atoms with Gasteiger partial charge < -0.3 is 20.1 Å². The molecule has 4 aromatic rings. The predicted octanol–water partition coefficient (Wildman–Crippen LogP) is 5.98. The normalized spacial score (nSPS) is 27.0. The van der Waals surface area contributed by atoms with Crippen LogP contribution >= 0.6 is 11.6 Å². The minimum atomic E-state index is -0.909. The number of phenolic OH excluding ortho intramolecular Hbond substituents is 1. The van der Waals surface area contributed by atoms with E-state index in [0.29, 0.717) is 54.7 Å². The van der Waals surface area contributed by atoms with Gasteiger partial charge in [0.05, 0.1) is 10.6 Å². The summed E-state index contributed by atoms with van der Waals surface area (Å²) in [6.45, 7) is 2.79. The number of aromatic hydroxyl groups is 1. The molecule has 0 radical (unpaired) electrons. The Hall–Kier alpha value is -3.34. The van der Waals surface area contributed by atoms with E-state index in [1.165, 1.54) is 24.3 Å². The highest BCUT2D eigenvalue weighted by Gasteiger charge is 2.49. The molecular formula is C32H31ClF3N5O2. The van der Waals surface area contributed by atoms with Crippen molar-refractivity contribution in [2.24, 2.45) is 0 Å². The second-order valence-corrected chi connectivity index (χ2v) is 12.9. The van der Waals surface area contributed by atoms with Gasteiger partial charge in [-0.3, -0.25) is 4.90 Å². The van der Waals surface area contributed by atoms with Crippen LogP contribution in [0.5, 0.6) is 11.8 Å². The summed E-state index contributed by atoms with van der Waals surface area (Å²) in [5.41, 5.74) is -0.365. The molecule has 7 nitrogen and oxygen atoms in total. The van der Waals surface area contributed by atoms with Gasteiger partial charge in [-0.15, -0.1) is 0 Å². The average molecular weight is 610 g/mol. The van der Waals surface area contributed by atoms with E-state index < -0.39 is 23.3 Å². The third-order valence-corrected chi connectivity index (χ3v) is 10.1. The highest BCUT2D eigenvalue weighted by atomic mass is 35.5. The monoisotopic (exact) mass is 609 g/mol. The lowest BCUT2D eigenvalue weighted by Gasteiger charge is -2.34. The Kier molecular flexibility index (Phi) is 6.40. The fourth-order valence-electron chi connectivity index (χ4n) is 7.89. The van der Waals surface area contributed by atoms with Crippen molar-refractivity contribution < 1.29 is 23.0 Å². The molecule has 4 saturated heterocycles. The molecule has 2 N–H and O–H groups in total. The minimum Gasteiger partial charge on any atom is -0.508 e. The lowest BCUT2D eigenvalue weighted by atomic mass is 9.95. The second-order valence-electron chi connectivity index (χ2n) is 12.5. The smallest absolute Gasteiger partial charge is 0.319 e. The van der Waals surface area contributed by atoms with Crippen molar-refractivity contribution >= 4 is 39.1 Å². The Labute approximate surface area is 251 Å². The summed E-state index contributed by atoms with van der Waals surface area (Å²) in [4.78, 5) is 13.6. The summed E-state index contributed by atoms with van der Waals surface area (Å²) in [7, 11) is 0. The zero-order valence-corrected chi connectivity index (χ0v) is 24.2. The maximum atomic E-state index is 16.8. The molecule has 5 heterocycles. The third-order valence-electron chi connectivity index (χ3n) is 9.77. The van der Waals surface area contributed by atoms with Crippen molar-refractivity contribution in [3.05, 3.63) is 53.1 Å². The number of piperazine rings is 1. The van der Waals surface area contributed by atoms with Gasteiger partial charge in [-0.1, -0.05) is 23.7 Å². The number of aromatic nitrogens is 2. The van der Waals surface area contributed by atoms with E-state index in [4.69, 9.17) is 21.3 Å². The Morgan fingerprint density at radius 3 is 2.72 bits per heavy atom. The number of phenols is 1. The summed E-state index contributed by atoms with van der Waals surface area (Å²) in [6.07, 6.45) is 3.36. The number of hydrogen-bond acceptors (Lipinski definition) is 7. The molecular weight excluding hydrogens is 579 g/mol. The summed E-state index contributed by atoms with van der Waals surface area (Å²) in [5.74, 6) is -0.937. The van der Waals surface area contributed by atoms with Crippen LogP contribution in [0.1, 0.15) is 32.1 Å². The lowest BCUT2D eigenvalue weighted by Crippen LogP contribution is -2.51. The number of hydrogen-bond donors (Lipinski definition) is 2. The molecule has 4 atom stereocenters. The first kappa shape index (κ1) is 27.2. The first-order chi connectivity index (χ1) is 20.8. The highest BCUT2D eigenvalue weighted by Crippen LogP contribution is 2.44. The summed E-state index contributed by atoms with van der Waals surface area (Å²) < 4.78 is 52.6. The number of halogens is 4. The zero-order valence-electron chi connectivity index (χ0n) is 23.4. The largest absolute Gasteiger partial charge is 0.508 e. The summed E-state index contributed by atoms with van der Waals surface area (Å²) in [5, 5.41) is 15.1. The first-order valence-corrected chi connectivity index (χ1v) is 15.3. The van der Waals surface area contributed by atoms with E-state index in [0.717, 1.165) is 32.2 Å². The summed E-state index contributed by atoms with van der Waals surface area (Å²) >= 11 is 6.79. The van der Waals surface area contributed by atoms with Gasteiger partial charge in [-0.2, -0.15) is 9.97 Å². The Bertz CT molecular complexity index is 1760. The molecule has 1 aromatic heterocycles. The quantitative estimate of drug-likeness (QED) is 0.288. The number of benzene rings is 3. The average Bonchev–Trinajstić information content (AvgIpc) is 3.62. The van der Waals surface area contributed by atoms with E-state index >= 15 is 8.78 Å². The molecule has 4 aliphatic heterocycles. The van der Waals surface area contributed by atoms with Gasteiger partial charge in [-0.05, 0) is 61.9 Å². The van der Waals surface area contributed by atoms with Crippen LogP contribution in [0.25, 0.3) is 32.8 Å². The number of ether oxygens (including phenoxy) is 1. The molecule has 3 aromatic carbocycles. The zero-order chi connectivity index (χ0) is 29.5. The van der Waals surface area contributed by atoms with Crippen LogP contribution in [0.4, 0.5) is 19.0 Å². The van der Waals surface area contributed by atoms with Crippen molar-refractivity contribution in [3.8, 4) is 22.9 Å². The van der Waals surface area contributed by atoms with Crippen LogP contribution in [0.2, 0.25) is 5.02 Å². The number of fused-ring (bicyclic) bond motifs is 5. The molecule has 11 heteroatoms. The molecule has 8 rings (SSSR count). The molecule has 2 unspecified atom stereocenters. The first-order valence-electron chi connectivity index (χ1n) is 14.9. The number of anilines is 1. The fourth-order valence-corrected chi connectivity index (χ4v) is 8.19. The fraction of sp³-hybridized carbons (Fsp3) is 0.438. The van der Waals surface area contributed by atoms with Crippen molar-refractivity contribution in [1.82, 2.24) is 20.2 Å². The predicted molar refractivity (Wildman–Crippen MR) is 160 cm³/mol. The number of rotatable bonds is 5. The van der Waals surface area contributed by atoms with E-state index in [9.17, 15) is 9.50 Å². The van der Waals surface area contributed by atoms with Gasteiger partial charge in [0.2, 0.25) is 0 Å². The molecule has 0 aliphatic carbocycles. The molecule has 224 valence electrons.